The van der Waals surface area contributed by atoms with E-state index in [1.807, 2.05) is 53.4 Å². The van der Waals surface area contributed by atoms with E-state index in [4.69, 9.17) is 28.1 Å². The molecule has 8 rings (SSSR count). The molecule has 15 heteroatoms. The summed E-state index contributed by atoms with van der Waals surface area (Å²) < 4.78 is 37.3. The number of amides is 4. The fourth-order valence-corrected chi connectivity index (χ4v) is 9.81. The van der Waals surface area contributed by atoms with Crippen LogP contribution in [0.1, 0.15) is 85.6 Å². The molecule has 65 heavy (non-hydrogen) atoms. The number of ether oxygens (including phenoxy) is 5. The average molecular weight is 905 g/mol. The summed E-state index contributed by atoms with van der Waals surface area (Å²) in [7, 11) is 0.513. The number of unbranched alkanes of at least 4 members (excludes halogenated alkanes) is 2. The van der Waals surface area contributed by atoms with Crippen molar-refractivity contribution < 1.29 is 47.3 Å². The number of methoxy groups -OCH3 is 2. The monoisotopic (exact) mass is 904 g/mol. The molecule has 14 nitrogen and oxygen atoms in total. The van der Waals surface area contributed by atoms with Crippen LogP contribution in [0.4, 0.5) is 21.9 Å². The highest BCUT2D eigenvalue weighted by atomic mass is 28.4. The lowest BCUT2D eigenvalue weighted by Crippen LogP contribution is -2.58. The minimum Gasteiger partial charge on any atom is -0.493 e. The second-order valence-corrected chi connectivity index (χ2v) is 23.7. The normalized spacial score (nSPS) is 18.8. The quantitative estimate of drug-likeness (QED) is 0.0905. The zero-order valence-electron chi connectivity index (χ0n) is 38.4. The van der Waals surface area contributed by atoms with Crippen molar-refractivity contribution in [2.24, 2.45) is 5.41 Å². The number of carbonyl (C=O) groups is 4. The first-order valence-corrected chi connectivity index (χ1v) is 25.4. The molecule has 4 aromatic carbocycles. The SMILES string of the molecule is COc1cc2c(cc1OCCCCCOc1cc3c(cc1OC)C(=O)N1CC4(CC4)C[C@H]1C(O[Si](C)(C)C(C)(C)C)N3C(=O)OCc1ccccc1)NC(=O)CN(c1ccccc1)C2=O. The van der Waals surface area contributed by atoms with Gasteiger partial charge in [0.15, 0.2) is 37.5 Å². The molecule has 4 aromatic rings. The number of benzene rings is 4. The van der Waals surface area contributed by atoms with Gasteiger partial charge in [0.1, 0.15) is 13.2 Å². The van der Waals surface area contributed by atoms with Gasteiger partial charge in [0, 0.05) is 24.4 Å². The van der Waals surface area contributed by atoms with Gasteiger partial charge in [-0.2, -0.15) is 0 Å². The van der Waals surface area contributed by atoms with Crippen LogP contribution < -0.4 is 34.1 Å². The average Bonchev–Trinajstić information content (AvgIpc) is 3.98. The Kier molecular flexibility index (Phi) is 12.9. The molecular formula is C50H60N4O10Si. The number of fused-ring (bicyclic) bond motifs is 3. The molecular weight excluding hydrogens is 845 g/mol. The Morgan fingerprint density at radius 1 is 0.785 bits per heavy atom. The highest BCUT2D eigenvalue weighted by Gasteiger charge is 2.59. The second kappa shape index (κ2) is 18.4. The Labute approximate surface area is 382 Å². The molecule has 0 bridgehead atoms. The van der Waals surface area contributed by atoms with Crippen molar-refractivity contribution in [1.82, 2.24) is 4.90 Å². The minimum atomic E-state index is -2.53. The smallest absolute Gasteiger partial charge is 0.416 e. The maximum atomic E-state index is 14.7. The predicted molar refractivity (Wildman–Crippen MR) is 250 cm³/mol. The molecule has 2 atom stereocenters. The van der Waals surface area contributed by atoms with Crippen molar-refractivity contribution in [1.29, 1.82) is 0 Å². The van der Waals surface area contributed by atoms with E-state index in [1.54, 1.807) is 41.3 Å². The fourth-order valence-electron chi connectivity index (χ4n) is 8.59. The lowest BCUT2D eigenvalue weighted by atomic mass is 10.0. The molecule has 4 aliphatic rings. The summed E-state index contributed by atoms with van der Waals surface area (Å²) in [5.41, 5.74) is 2.84. The van der Waals surface area contributed by atoms with Crippen LogP contribution in [0.25, 0.3) is 0 Å². The third kappa shape index (κ3) is 9.53. The number of para-hydroxylation sites is 1. The molecule has 3 heterocycles. The van der Waals surface area contributed by atoms with Crippen molar-refractivity contribution in [2.45, 2.75) is 96.3 Å². The van der Waals surface area contributed by atoms with Crippen LogP contribution in [0.5, 0.6) is 23.0 Å². The molecule has 1 aliphatic carbocycles. The van der Waals surface area contributed by atoms with E-state index in [0.717, 1.165) is 31.2 Å². The van der Waals surface area contributed by atoms with Crippen LogP contribution >= 0.6 is 0 Å². The number of hydrogen-bond acceptors (Lipinski definition) is 10. The number of carbonyl (C=O) groups excluding carboxylic acids is 4. The van der Waals surface area contributed by atoms with E-state index in [2.05, 4.69) is 39.2 Å². The first-order chi connectivity index (χ1) is 31.1. The zero-order chi connectivity index (χ0) is 46.1. The van der Waals surface area contributed by atoms with Gasteiger partial charge in [0.25, 0.3) is 11.8 Å². The number of hydrogen-bond donors (Lipinski definition) is 1. The van der Waals surface area contributed by atoms with Gasteiger partial charge < -0.3 is 38.3 Å². The summed E-state index contributed by atoms with van der Waals surface area (Å²) in [5, 5.41) is 2.67. The second-order valence-electron chi connectivity index (χ2n) is 19.0. The topological polar surface area (TPSA) is 145 Å². The van der Waals surface area contributed by atoms with Crippen molar-refractivity contribution in [3.8, 4) is 23.0 Å². The van der Waals surface area contributed by atoms with Gasteiger partial charge in [-0.15, -0.1) is 0 Å². The molecule has 4 amide bonds. The number of nitrogens with zero attached hydrogens (tertiary/aromatic N) is 3. The van der Waals surface area contributed by atoms with Crippen LogP contribution in [0, 0.1) is 5.41 Å². The van der Waals surface area contributed by atoms with Gasteiger partial charge in [-0.1, -0.05) is 69.3 Å². The lowest BCUT2D eigenvalue weighted by Gasteiger charge is -2.44. The van der Waals surface area contributed by atoms with Gasteiger partial charge in [-0.25, -0.2) is 9.69 Å². The van der Waals surface area contributed by atoms with E-state index in [0.29, 0.717) is 83.8 Å². The summed E-state index contributed by atoms with van der Waals surface area (Å²) in [4.78, 5) is 60.8. The highest BCUT2D eigenvalue weighted by molar-refractivity contribution is 6.74. The molecule has 0 radical (unpaired) electrons. The molecule has 2 fully saturated rings. The van der Waals surface area contributed by atoms with E-state index < -0.39 is 20.6 Å². The lowest BCUT2D eigenvalue weighted by molar-refractivity contribution is -0.114. The highest BCUT2D eigenvalue weighted by Crippen LogP contribution is 2.58. The molecule has 1 N–H and O–H groups in total. The molecule has 1 saturated carbocycles. The Bertz CT molecular complexity index is 2420. The van der Waals surface area contributed by atoms with E-state index >= 15 is 0 Å². The van der Waals surface area contributed by atoms with Gasteiger partial charge in [0.2, 0.25) is 5.91 Å². The van der Waals surface area contributed by atoms with Crippen molar-refractivity contribution in [3.63, 3.8) is 0 Å². The molecule has 0 aromatic heterocycles. The Hall–Kier alpha value is -6.06. The summed E-state index contributed by atoms with van der Waals surface area (Å²) in [6.45, 7) is 12.0. The maximum Gasteiger partial charge on any atom is 0.416 e. The van der Waals surface area contributed by atoms with Crippen molar-refractivity contribution >= 4 is 49.2 Å². The standard InChI is InChI=1S/C50H60N4O10Si/c1-49(2,3)65(6,7)64-47-39-29-50(21-22-50)32-53(39)46(57)36-26-41(60-5)43(28-38(36)54(47)48(58)63-31-33-17-11-8-12-18-33)62-24-16-10-15-23-61-42-27-37-35(25-40(42)59-4)45(56)52(30-44(55)51-37)34-19-13-9-14-20-34/h8-9,11-14,17-20,25-28,39,47H,10,15-16,21-24,29-32H2,1-7H3,(H,51,55)/t39-,47?/m0/s1. The Morgan fingerprint density at radius 3 is 2.02 bits per heavy atom. The molecule has 3 aliphatic heterocycles. The van der Waals surface area contributed by atoms with Crippen LogP contribution in [-0.4, -0.2) is 89.8 Å². The largest absolute Gasteiger partial charge is 0.493 e. The third-order valence-electron chi connectivity index (χ3n) is 13.5. The van der Waals surface area contributed by atoms with Gasteiger partial charge in [-0.05, 0) is 91.9 Å². The number of rotatable bonds is 15. The summed E-state index contributed by atoms with van der Waals surface area (Å²) in [6.07, 6.45) is 3.47. The molecule has 1 unspecified atom stereocenters. The number of nitrogens with one attached hydrogen (secondary N) is 1. The van der Waals surface area contributed by atoms with Crippen LogP contribution in [0.2, 0.25) is 18.1 Å². The summed E-state index contributed by atoms with van der Waals surface area (Å²) in [6, 6.07) is 24.9. The van der Waals surface area contributed by atoms with Gasteiger partial charge >= 0.3 is 6.09 Å². The molecule has 344 valence electrons. The molecule has 1 saturated heterocycles. The van der Waals surface area contributed by atoms with Gasteiger partial charge in [0.05, 0.1) is 56.0 Å². The first kappa shape index (κ1) is 45.5. The van der Waals surface area contributed by atoms with Crippen LogP contribution in [-0.2, 0) is 20.6 Å². The predicted octanol–water partition coefficient (Wildman–Crippen LogP) is 9.43. The third-order valence-corrected chi connectivity index (χ3v) is 17.9. The first-order valence-electron chi connectivity index (χ1n) is 22.5. The Balaban J connectivity index is 0.982. The zero-order valence-corrected chi connectivity index (χ0v) is 39.4. The Morgan fingerprint density at radius 2 is 1.40 bits per heavy atom. The van der Waals surface area contributed by atoms with E-state index in [-0.39, 0.29) is 47.4 Å². The van der Waals surface area contributed by atoms with Crippen LogP contribution in [0.15, 0.2) is 84.9 Å². The molecule has 1 spiro atoms. The van der Waals surface area contributed by atoms with Crippen molar-refractivity contribution in [3.05, 3.63) is 102 Å². The summed E-state index contributed by atoms with van der Waals surface area (Å²) in [5.74, 6) is 0.733. The van der Waals surface area contributed by atoms with Crippen LogP contribution in [0.3, 0.4) is 0 Å². The summed E-state index contributed by atoms with van der Waals surface area (Å²) >= 11 is 0. The minimum absolute atomic E-state index is 0.0278. The number of anilines is 3. The van der Waals surface area contributed by atoms with E-state index in [9.17, 15) is 19.2 Å². The van der Waals surface area contributed by atoms with Crippen molar-refractivity contribution in [2.75, 3.05) is 55.6 Å². The fraction of sp³-hybridized carbons (Fsp3) is 0.440. The maximum absolute atomic E-state index is 14.7. The van der Waals surface area contributed by atoms with E-state index in [1.165, 1.54) is 19.1 Å². The van der Waals surface area contributed by atoms with Gasteiger partial charge in [-0.3, -0.25) is 19.3 Å².